The molecule has 0 N–H and O–H groups in total. The maximum absolute atomic E-state index is 13.3. The highest BCUT2D eigenvalue weighted by molar-refractivity contribution is 4.85. The van der Waals surface area contributed by atoms with E-state index in [1.807, 2.05) is 13.8 Å². The number of ether oxygens (including phenoxy) is 1. The molecule has 0 bridgehead atoms. The van der Waals surface area contributed by atoms with Gasteiger partial charge in [-0.2, -0.15) is 0 Å². The van der Waals surface area contributed by atoms with E-state index in [0.717, 1.165) is 0 Å². The van der Waals surface area contributed by atoms with Gasteiger partial charge in [0.25, 0.3) is 0 Å². The van der Waals surface area contributed by atoms with E-state index in [4.69, 9.17) is 4.74 Å². The molecular weight excluding hydrogens is 155 g/mol. The fourth-order valence-corrected chi connectivity index (χ4v) is 1.70. The van der Waals surface area contributed by atoms with Crippen molar-refractivity contribution in [2.24, 2.45) is 11.8 Å². The van der Waals surface area contributed by atoms with Crippen LogP contribution in [0.5, 0.6) is 0 Å². The van der Waals surface area contributed by atoms with Crippen molar-refractivity contribution in [3.8, 4) is 0 Å². The molecule has 2 heteroatoms. The second-order valence-corrected chi connectivity index (χ2v) is 4.38. The van der Waals surface area contributed by atoms with Crippen molar-refractivity contribution in [3.05, 3.63) is 0 Å². The highest BCUT2D eigenvalue weighted by atomic mass is 19.1. The highest BCUT2D eigenvalue weighted by Crippen LogP contribution is 2.31. The lowest BCUT2D eigenvalue weighted by Crippen LogP contribution is -2.24. The third-order valence-corrected chi connectivity index (χ3v) is 2.55. The minimum atomic E-state index is -0.752. The fourth-order valence-electron chi connectivity index (χ4n) is 1.70. The van der Waals surface area contributed by atoms with E-state index < -0.39 is 6.17 Å². The molecule has 1 heterocycles. The molecule has 0 aromatic heterocycles. The smallest absolute Gasteiger partial charge is 0.129 e. The summed E-state index contributed by atoms with van der Waals surface area (Å²) in [6, 6.07) is 0. The molecular formula is C10H19FO. The molecule has 0 saturated carbocycles. The fraction of sp³-hybridized carbons (Fsp3) is 1.00. The summed E-state index contributed by atoms with van der Waals surface area (Å²) in [4.78, 5) is 0. The zero-order valence-electron chi connectivity index (χ0n) is 8.38. The van der Waals surface area contributed by atoms with Crippen LogP contribution in [-0.4, -0.2) is 18.4 Å². The maximum Gasteiger partial charge on any atom is 0.129 e. The molecule has 0 aliphatic carbocycles. The van der Waals surface area contributed by atoms with E-state index in [-0.39, 0.29) is 12.2 Å². The molecule has 0 amide bonds. The van der Waals surface area contributed by atoms with Crippen molar-refractivity contribution in [3.63, 3.8) is 0 Å². The molecule has 1 saturated heterocycles. The van der Waals surface area contributed by atoms with Gasteiger partial charge in [0, 0.05) is 6.42 Å². The van der Waals surface area contributed by atoms with Crippen LogP contribution in [0.25, 0.3) is 0 Å². The third kappa shape index (κ3) is 1.98. The number of hydrogen-bond donors (Lipinski definition) is 0. The summed E-state index contributed by atoms with van der Waals surface area (Å²) >= 11 is 0. The van der Waals surface area contributed by atoms with Crippen LogP contribution < -0.4 is 0 Å². The summed E-state index contributed by atoms with van der Waals surface area (Å²) < 4.78 is 18.9. The first-order chi connectivity index (χ1) is 5.52. The molecule has 12 heavy (non-hydrogen) atoms. The molecule has 0 aromatic rings. The van der Waals surface area contributed by atoms with Crippen molar-refractivity contribution in [1.82, 2.24) is 0 Å². The molecule has 3 atom stereocenters. The molecule has 0 spiro atoms. The lowest BCUT2D eigenvalue weighted by molar-refractivity contribution is -0.0160. The van der Waals surface area contributed by atoms with Gasteiger partial charge in [0.2, 0.25) is 0 Å². The molecule has 0 radical (unpaired) electrons. The van der Waals surface area contributed by atoms with Gasteiger partial charge in [-0.3, -0.25) is 0 Å². The normalized spacial score (nSPS) is 36.8. The van der Waals surface area contributed by atoms with Crippen LogP contribution in [0.2, 0.25) is 0 Å². The van der Waals surface area contributed by atoms with Crippen molar-refractivity contribution in [2.45, 2.75) is 52.5 Å². The summed E-state index contributed by atoms with van der Waals surface area (Å²) in [6.07, 6.45) is -0.206. The summed E-state index contributed by atoms with van der Waals surface area (Å²) in [6.45, 7) is 8.19. The Balaban J connectivity index is 2.50. The average molecular weight is 174 g/mol. The van der Waals surface area contributed by atoms with Gasteiger partial charge in [0.1, 0.15) is 6.17 Å². The maximum atomic E-state index is 13.3. The Kier molecular flexibility index (Phi) is 3.10. The quantitative estimate of drug-likeness (QED) is 0.625. The number of hydrogen-bond acceptors (Lipinski definition) is 1. The van der Waals surface area contributed by atoms with Gasteiger partial charge in [-0.25, -0.2) is 4.39 Å². The highest BCUT2D eigenvalue weighted by Gasteiger charge is 2.38. The van der Waals surface area contributed by atoms with Gasteiger partial charge >= 0.3 is 0 Å². The van der Waals surface area contributed by atoms with Crippen LogP contribution in [-0.2, 0) is 4.74 Å². The molecule has 1 fully saturated rings. The van der Waals surface area contributed by atoms with Gasteiger partial charge in [-0.1, -0.05) is 27.7 Å². The predicted molar refractivity (Wildman–Crippen MR) is 47.9 cm³/mol. The molecule has 0 unspecified atom stereocenters. The van der Waals surface area contributed by atoms with Crippen LogP contribution in [0.15, 0.2) is 0 Å². The first kappa shape index (κ1) is 9.97. The van der Waals surface area contributed by atoms with E-state index in [1.54, 1.807) is 0 Å². The second-order valence-electron chi connectivity index (χ2n) is 4.38. The Morgan fingerprint density at radius 2 is 1.75 bits per heavy atom. The SMILES string of the molecule is CC(C)[C@@H]1C[C@@H](F)[C@H](C(C)C)O1. The minimum absolute atomic E-state index is 0.132. The van der Waals surface area contributed by atoms with E-state index in [2.05, 4.69) is 13.8 Å². The number of alkyl halides is 1. The molecule has 1 aliphatic heterocycles. The Morgan fingerprint density at radius 3 is 2.00 bits per heavy atom. The Morgan fingerprint density at radius 1 is 1.17 bits per heavy atom. The van der Waals surface area contributed by atoms with Crippen molar-refractivity contribution in [2.75, 3.05) is 0 Å². The molecule has 1 rings (SSSR count). The monoisotopic (exact) mass is 174 g/mol. The topological polar surface area (TPSA) is 9.23 Å². The lowest BCUT2D eigenvalue weighted by atomic mass is 9.99. The first-order valence-corrected chi connectivity index (χ1v) is 4.82. The van der Waals surface area contributed by atoms with Gasteiger partial charge < -0.3 is 4.74 Å². The van der Waals surface area contributed by atoms with Gasteiger partial charge in [-0.15, -0.1) is 0 Å². The summed E-state index contributed by atoms with van der Waals surface area (Å²) in [5.74, 6) is 0.732. The number of rotatable bonds is 2. The van der Waals surface area contributed by atoms with Crippen molar-refractivity contribution >= 4 is 0 Å². The van der Waals surface area contributed by atoms with Crippen molar-refractivity contribution in [1.29, 1.82) is 0 Å². The molecule has 1 aliphatic rings. The zero-order valence-corrected chi connectivity index (χ0v) is 8.38. The van der Waals surface area contributed by atoms with Crippen LogP contribution in [0.1, 0.15) is 34.1 Å². The number of halogens is 1. The van der Waals surface area contributed by atoms with Crippen LogP contribution in [0.4, 0.5) is 4.39 Å². The first-order valence-electron chi connectivity index (χ1n) is 4.82. The largest absolute Gasteiger partial charge is 0.371 e. The van der Waals surface area contributed by atoms with Gasteiger partial charge in [0.15, 0.2) is 0 Å². The Hall–Kier alpha value is -0.110. The summed E-state index contributed by atoms with van der Waals surface area (Å²) in [7, 11) is 0. The lowest BCUT2D eigenvalue weighted by Gasteiger charge is -2.18. The van der Waals surface area contributed by atoms with Crippen LogP contribution >= 0.6 is 0 Å². The van der Waals surface area contributed by atoms with E-state index in [0.29, 0.717) is 18.3 Å². The molecule has 0 aromatic carbocycles. The zero-order chi connectivity index (χ0) is 9.30. The van der Waals surface area contributed by atoms with Gasteiger partial charge in [0.05, 0.1) is 12.2 Å². The van der Waals surface area contributed by atoms with Gasteiger partial charge in [-0.05, 0) is 11.8 Å². The minimum Gasteiger partial charge on any atom is -0.371 e. The van der Waals surface area contributed by atoms with Crippen LogP contribution in [0, 0.1) is 11.8 Å². The Bertz CT molecular complexity index is 145. The predicted octanol–water partition coefficient (Wildman–Crippen LogP) is 2.79. The summed E-state index contributed by atoms with van der Waals surface area (Å²) in [5, 5.41) is 0. The van der Waals surface area contributed by atoms with E-state index in [1.165, 1.54) is 0 Å². The third-order valence-electron chi connectivity index (χ3n) is 2.55. The standard InChI is InChI=1S/C10H19FO/c1-6(2)9-5-8(11)10(12-9)7(3)4/h6-10H,5H2,1-4H3/t8-,9+,10+/m1/s1. The van der Waals surface area contributed by atoms with Crippen LogP contribution in [0.3, 0.4) is 0 Å². The van der Waals surface area contributed by atoms with E-state index >= 15 is 0 Å². The average Bonchev–Trinajstić information content (AvgIpc) is 2.30. The van der Waals surface area contributed by atoms with E-state index in [9.17, 15) is 4.39 Å². The second kappa shape index (κ2) is 3.73. The van der Waals surface area contributed by atoms with Crippen molar-refractivity contribution < 1.29 is 9.13 Å². The Labute approximate surface area is 74.3 Å². The molecule has 72 valence electrons. The summed E-state index contributed by atoms with van der Waals surface area (Å²) in [5.41, 5.74) is 0. The molecule has 1 nitrogen and oxygen atoms in total.